The molecule has 0 aromatic rings. The summed E-state index contributed by atoms with van der Waals surface area (Å²) in [5.74, 6) is 0. The van der Waals surface area contributed by atoms with Gasteiger partial charge >= 0.3 is 0 Å². The highest BCUT2D eigenvalue weighted by Crippen LogP contribution is 2.13. The molecule has 1 saturated heterocycles. The van der Waals surface area contributed by atoms with Crippen molar-refractivity contribution in [2.75, 3.05) is 33.4 Å². The van der Waals surface area contributed by atoms with E-state index in [1.807, 2.05) is 4.90 Å². The molecule has 0 saturated carbocycles. The molecule has 1 aliphatic heterocycles. The Labute approximate surface area is 78.5 Å². The summed E-state index contributed by atoms with van der Waals surface area (Å²) < 4.78 is 17.9. The largest absolute Gasteiger partial charge is 0.390 e. The maximum Gasteiger partial charge on any atom is 0.138 e. The molecule has 0 radical (unpaired) electrons. The second kappa shape index (κ2) is 5.52. The zero-order valence-corrected chi connectivity index (χ0v) is 8.08. The van der Waals surface area contributed by atoms with Crippen LogP contribution in [0.2, 0.25) is 0 Å². The minimum Gasteiger partial charge on any atom is -0.390 e. The maximum atomic E-state index is 13.0. The van der Waals surface area contributed by atoms with Gasteiger partial charge in [0.05, 0.1) is 6.10 Å². The molecule has 1 heterocycles. The number of rotatable bonds is 4. The fourth-order valence-electron chi connectivity index (χ4n) is 1.59. The zero-order valence-electron chi connectivity index (χ0n) is 8.08. The lowest BCUT2D eigenvalue weighted by atomic mass is 10.1. The van der Waals surface area contributed by atoms with Crippen molar-refractivity contribution >= 4 is 0 Å². The monoisotopic (exact) mass is 191 g/mol. The first kappa shape index (κ1) is 10.9. The highest BCUT2D eigenvalue weighted by atomic mass is 19.1. The Balaban J connectivity index is 2.14. The second-order valence-electron chi connectivity index (χ2n) is 3.52. The summed E-state index contributed by atoms with van der Waals surface area (Å²) >= 11 is 0. The van der Waals surface area contributed by atoms with Crippen molar-refractivity contribution in [1.82, 2.24) is 4.90 Å². The molecule has 0 bridgehead atoms. The molecule has 3 nitrogen and oxygen atoms in total. The first-order valence-electron chi connectivity index (χ1n) is 4.77. The first-order chi connectivity index (χ1) is 6.24. The van der Waals surface area contributed by atoms with Gasteiger partial charge in [0.2, 0.25) is 0 Å². The molecule has 1 fully saturated rings. The molecular weight excluding hydrogens is 173 g/mol. The van der Waals surface area contributed by atoms with Crippen LogP contribution in [-0.2, 0) is 4.74 Å². The number of piperidine rings is 1. The van der Waals surface area contributed by atoms with E-state index in [-0.39, 0.29) is 0 Å². The minimum atomic E-state index is -1.07. The lowest BCUT2D eigenvalue weighted by Crippen LogP contribution is -2.44. The molecule has 0 aliphatic carbocycles. The van der Waals surface area contributed by atoms with E-state index in [1.165, 1.54) is 0 Å². The molecule has 78 valence electrons. The topological polar surface area (TPSA) is 32.7 Å². The Morgan fingerprint density at radius 1 is 1.62 bits per heavy atom. The standard InChI is InChI=1S/C9H18FNO2/c1-13-6-2-4-11-5-3-9(12)8(10)7-11/h8-9,12H,2-7H2,1H3/t8-,9+/m1/s1. The van der Waals surface area contributed by atoms with Crippen LogP contribution in [0.15, 0.2) is 0 Å². The van der Waals surface area contributed by atoms with Gasteiger partial charge in [0, 0.05) is 33.4 Å². The van der Waals surface area contributed by atoms with Crippen molar-refractivity contribution in [3.8, 4) is 0 Å². The van der Waals surface area contributed by atoms with E-state index in [9.17, 15) is 4.39 Å². The van der Waals surface area contributed by atoms with Crippen LogP contribution in [0.3, 0.4) is 0 Å². The van der Waals surface area contributed by atoms with Gasteiger partial charge in [0.15, 0.2) is 0 Å². The van der Waals surface area contributed by atoms with Crippen LogP contribution in [0.4, 0.5) is 4.39 Å². The number of nitrogens with zero attached hydrogens (tertiary/aromatic N) is 1. The molecule has 0 spiro atoms. The van der Waals surface area contributed by atoms with Crippen molar-refractivity contribution in [2.24, 2.45) is 0 Å². The highest BCUT2D eigenvalue weighted by Gasteiger charge is 2.26. The molecule has 13 heavy (non-hydrogen) atoms. The van der Waals surface area contributed by atoms with Gasteiger partial charge in [-0.25, -0.2) is 4.39 Å². The number of aliphatic hydroxyl groups is 1. The summed E-state index contributed by atoms with van der Waals surface area (Å²) in [5.41, 5.74) is 0. The average Bonchev–Trinajstić information content (AvgIpc) is 2.12. The van der Waals surface area contributed by atoms with E-state index in [0.717, 1.165) is 26.1 Å². The third-order valence-corrected chi connectivity index (χ3v) is 2.41. The lowest BCUT2D eigenvalue weighted by Gasteiger charge is -2.31. The maximum absolute atomic E-state index is 13.0. The summed E-state index contributed by atoms with van der Waals surface area (Å²) in [5, 5.41) is 9.14. The van der Waals surface area contributed by atoms with E-state index in [2.05, 4.69) is 0 Å². The van der Waals surface area contributed by atoms with Crippen LogP contribution in [0, 0.1) is 0 Å². The third kappa shape index (κ3) is 3.58. The molecule has 0 aromatic carbocycles. The van der Waals surface area contributed by atoms with E-state index in [4.69, 9.17) is 9.84 Å². The molecule has 0 aromatic heterocycles. The SMILES string of the molecule is COCCCN1CC[C@H](O)[C@H](F)C1. The summed E-state index contributed by atoms with van der Waals surface area (Å²) in [6, 6.07) is 0. The quantitative estimate of drug-likeness (QED) is 0.654. The Morgan fingerprint density at radius 2 is 2.38 bits per heavy atom. The van der Waals surface area contributed by atoms with E-state index in [1.54, 1.807) is 7.11 Å². The van der Waals surface area contributed by atoms with Crippen molar-refractivity contribution in [1.29, 1.82) is 0 Å². The predicted octanol–water partition coefficient (Wildman–Crippen LogP) is 0.428. The van der Waals surface area contributed by atoms with Gasteiger partial charge in [-0.15, -0.1) is 0 Å². The van der Waals surface area contributed by atoms with Crippen LogP contribution < -0.4 is 0 Å². The van der Waals surface area contributed by atoms with Crippen LogP contribution >= 0.6 is 0 Å². The normalized spacial score (nSPS) is 30.7. The Bertz CT molecular complexity index is 146. The summed E-state index contributed by atoms with van der Waals surface area (Å²) in [7, 11) is 1.66. The van der Waals surface area contributed by atoms with Crippen molar-refractivity contribution < 1.29 is 14.2 Å². The first-order valence-corrected chi connectivity index (χ1v) is 4.77. The van der Waals surface area contributed by atoms with E-state index < -0.39 is 12.3 Å². The predicted molar refractivity (Wildman–Crippen MR) is 48.5 cm³/mol. The van der Waals surface area contributed by atoms with Gasteiger partial charge in [0.1, 0.15) is 6.17 Å². The third-order valence-electron chi connectivity index (χ3n) is 2.41. The van der Waals surface area contributed by atoms with Crippen LogP contribution in [-0.4, -0.2) is 55.6 Å². The summed E-state index contributed by atoms with van der Waals surface area (Å²) in [6.45, 7) is 2.74. The lowest BCUT2D eigenvalue weighted by molar-refractivity contribution is 0.00452. The Hall–Kier alpha value is -0.190. The van der Waals surface area contributed by atoms with Gasteiger partial charge in [-0.05, 0) is 12.8 Å². The number of likely N-dealkylation sites (tertiary alicyclic amines) is 1. The number of hydrogen-bond donors (Lipinski definition) is 1. The molecule has 0 amide bonds. The minimum absolute atomic E-state index is 0.366. The molecular formula is C9H18FNO2. The molecule has 2 atom stereocenters. The molecule has 1 aliphatic rings. The van der Waals surface area contributed by atoms with Crippen LogP contribution in [0.25, 0.3) is 0 Å². The Morgan fingerprint density at radius 3 is 3.00 bits per heavy atom. The number of halogens is 1. The van der Waals surface area contributed by atoms with Gasteiger partial charge < -0.3 is 14.7 Å². The second-order valence-corrected chi connectivity index (χ2v) is 3.52. The average molecular weight is 191 g/mol. The number of methoxy groups -OCH3 is 1. The highest BCUT2D eigenvalue weighted by molar-refractivity contribution is 4.79. The molecule has 4 heteroatoms. The van der Waals surface area contributed by atoms with E-state index >= 15 is 0 Å². The van der Waals surface area contributed by atoms with Gasteiger partial charge in [-0.3, -0.25) is 0 Å². The number of alkyl halides is 1. The van der Waals surface area contributed by atoms with Crippen molar-refractivity contribution in [3.05, 3.63) is 0 Å². The van der Waals surface area contributed by atoms with Crippen LogP contribution in [0.1, 0.15) is 12.8 Å². The number of aliphatic hydroxyl groups excluding tert-OH is 1. The molecule has 1 rings (SSSR count). The fraction of sp³-hybridized carbons (Fsp3) is 1.00. The van der Waals surface area contributed by atoms with Crippen LogP contribution in [0.5, 0.6) is 0 Å². The zero-order chi connectivity index (χ0) is 9.68. The number of ether oxygens (including phenoxy) is 1. The molecule has 0 unspecified atom stereocenters. The van der Waals surface area contributed by atoms with Gasteiger partial charge in [-0.2, -0.15) is 0 Å². The van der Waals surface area contributed by atoms with Gasteiger partial charge in [0.25, 0.3) is 0 Å². The van der Waals surface area contributed by atoms with Crippen molar-refractivity contribution in [2.45, 2.75) is 25.1 Å². The Kier molecular flexibility index (Phi) is 4.62. The number of hydrogen-bond acceptors (Lipinski definition) is 3. The van der Waals surface area contributed by atoms with E-state index in [0.29, 0.717) is 13.0 Å². The van der Waals surface area contributed by atoms with Crippen molar-refractivity contribution in [3.63, 3.8) is 0 Å². The fourth-order valence-corrected chi connectivity index (χ4v) is 1.59. The molecule has 1 N–H and O–H groups in total. The summed E-state index contributed by atoms with van der Waals surface area (Å²) in [4.78, 5) is 2.04. The van der Waals surface area contributed by atoms with Gasteiger partial charge in [-0.1, -0.05) is 0 Å². The smallest absolute Gasteiger partial charge is 0.138 e. The summed E-state index contributed by atoms with van der Waals surface area (Å²) in [6.07, 6.45) is -0.344.